The molecule has 19 heteroatoms. The van der Waals surface area contributed by atoms with Crippen molar-refractivity contribution in [3.8, 4) is 11.6 Å². The van der Waals surface area contributed by atoms with Gasteiger partial charge in [-0.25, -0.2) is 8.42 Å². The number of piperazine rings is 1. The number of aromatic amines is 1. The Balaban J connectivity index is 1.33. The second kappa shape index (κ2) is 12.3. The van der Waals surface area contributed by atoms with E-state index in [0.717, 1.165) is 49.3 Å². The van der Waals surface area contributed by atoms with Crippen molar-refractivity contribution in [1.29, 1.82) is 0 Å². The van der Waals surface area contributed by atoms with Gasteiger partial charge in [0.05, 0.1) is 38.6 Å². The standard InChI is InChI=1S/C31H31F3N8O7S/c1-39-7-9-40(10-8-39)14-18-16-48-23-13-19(12-21(42(44)45)26(23)37-18)50(46,47)24-4-2-3-20(28(35)43)27(24)41-15-25(31(32,33)34)49-30-22(41)11-17-5-6-36-29(17)38-30/h2-6,11-13,18,25,37H,7-10,14-16H2,1H3,(H2,35,43)(H,36,38)/t18-,25-/m0/s1. The van der Waals surface area contributed by atoms with Gasteiger partial charge >= 0.3 is 6.18 Å². The number of hydrogen-bond acceptors (Lipinski definition) is 12. The summed E-state index contributed by atoms with van der Waals surface area (Å²) in [5.74, 6) is -1.68. The highest BCUT2D eigenvalue weighted by Gasteiger charge is 2.48. The van der Waals surface area contributed by atoms with E-state index in [-0.39, 0.29) is 35.4 Å². The zero-order chi connectivity index (χ0) is 35.5. The van der Waals surface area contributed by atoms with Gasteiger partial charge in [0.1, 0.15) is 17.9 Å². The number of ether oxygens (including phenoxy) is 2. The highest BCUT2D eigenvalue weighted by molar-refractivity contribution is 7.91. The third-order valence-corrected chi connectivity index (χ3v) is 10.8. The summed E-state index contributed by atoms with van der Waals surface area (Å²) in [6.07, 6.45) is -5.89. The van der Waals surface area contributed by atoms with Crippen molar-refractivity contribution in [2.24, 2.45) is 5.73 Å². The van der Waals surface area contributed by atoms with Crippen molar-refractivity contribution in [2.75, 3.05) is 63.1 Å². The van der Waals surface area contributed by atoms with Gasteiger partial charge in [0, 0.05) is 56.4 Å². The first-order valence-electron chi connectivity index (χ1n) is 15.5. The summed E-state index contributed by atoms with van der Waals surface area (Å²) in [5, 5.41) is 15.9. The monoisotopic (exact) mass is 716 g/mol. The Bertz CT molecular complexity index is 2120. The number of amides is 1. The van der Waals surface area contributed by atoms with Gasteiger partial charge < -0.3 is 35.3 Å². The number of nitrogens with two attached hydrogens (primary N) is 1. The Morgan fingerprint density at radius 1 is 1.16 bits per heavy atom. The number of halogens is 3. The number of para-hydroxylation sites is 1. The zero-order valence-corrected chi connectivity index (χ0v) is 27.3. The van der Waals surface area contributed by atoms with Crippen LogP contribution in [0.5, 0.6) is 11.6 Å². The summed E-state index contributed by atoms with van der Waals surface area (Å²) in [6, 6.07) is 8.18. The average molecular weight is 717 g/mol. The molecule has 0 aliphatic carbocycles. The molecule has 4 aromatic rings. The van der Waals surface area contributed by atoms with Crippen LogP contribution in [0.1, 0.15) is 10.4 Å². The largest absolute Gasteiger partial charge is 0.489 e. The summed E-state index contributed by atoms with van der Waals surface area (Å²) in [7, 11) is -2.79. The SMILES string of the molecule is CN1CCN(C[C@H]2COc3cc(S(=O)(=O)c4cccc(C(N)=O)c4N4C[C@@H](C(F)(F)F)Oc5nc6[nH]ccc6cc54)cc([N+](=O)[O-])c3N2)CC1. The molecule has 1 fully saturated rings. The zero-order valence-electron chi connectivity index (χ0n) is 26.4. The van der Waals surface area contributed by atoms with E-state index in [1.165, 1.54) is 24.4 Å². The lowest BCUT2D eigenvalue weighted by molar-refractivity contribution is -0.384. The first kappa shape index (κ1) is 33.4. The van der Waals surface area contributed by atoms with Crippen molar-refractivity contribution in [3.05, 3.63) is 64.3 Å². The third-order valence-electron chi connectivity index (χ3n) is 8.99. The number of benzene rings is 2. The molecule has 1 saturated heterocycles. The van der Waals surface area contributed by atoms with E-state index in [0.29, 0.717) is 11.9 Å². The molecular formula is C31H31F3N8O7S. The predicted molar refractivity (Wildman–Crippen MR) is 174 cm³/mol. The molecule has 264 valence electrons. The van der Waals surface area contributed by atoms with Crippen molar-refractivity contribution in [1.82, 2.24) is 19.8 Å². The fourth-order valence-electron chi connectivity index (χ4n) is 6.41. The number of anilines is 3. The number of nitrogens with one attached hydrogen (secondary N) is 2. The molecule has 15 nitrogen and oxygen atoms in total. The number of alkyl halides is 3. The van der Waals surface area contributed by atoms with Crippen LogP contribution in [0.3, 0.4) is 0 Å². The van der Waals surface area contributed by atoms with Crippen molar-refractivity contribution < 1.29 is 40.8 Å². The minimum Gasteiger partial charge on any atom is -0.489 e. The van der Waals surface area contributed by atoms with Crippen LogP contribution in [0.2, 0.25) is 0 Å². The predicted octanol–water partition coefficient (Wildman–Crippen LogP) is 3.28. The first-order chi connectivity index (χ1) is 23.7. The molecule has 4 N–H and O–H groups in total. The normalized spacial score (nSPS) is 20.0. The number of pyridine rings is 1. The molecular weight excluding hydrogens is 685 g/mol. The van der Waals surface area contributed by atoms with Crippen LogP contribution in [0, 0.1) is 10.1 Å². The van der Waals surface area contributed by atoms with E-state index >= 15 is 0 Å². The molecule has 50 heavy (non-hydrogen) atoms. The molecule has 7 rings (SSSR count). The molecule has 0 bridgehead atoms. The number of likely N-dealkylation sites (N-methyl/N-ethyl adjacent to an activating group) is 1. The average Bonchev–Trinajstić information content (AvgIpc) is 3.54. The highest BCUT2D eigenvalue weighted by Crippen LogP contribution is 2.47. The Kier molecular flexibility index (Phi) is 8.22. The van der Waals surface area contributed by atoms with E-state index in [1.54, 1.807) is 6.07 Å². The van der Waals surface area contributed by atoms with Crippen LogP contribution in [-0.4, -0.2) is 110 Å². The second-order valence-corrected chi connectivity index (χ2v) is 14.3. The molecule has 0 unspecified atom stereocenters. The maximum Gasteiger partial charge on any atom is 0.427 e. The number of nitrogens with zero attached hydrogens (tertiary/aromatic N) is 5. The number of hydrogen-bond donors (Lipinski definition) is 3. The number of sulfone groups is 1. The summed E-state index contributed by atoms with van der Waals surface area (Å²) < 4.78 is 82.7. The lowest BCUT2D eigenvalue weighted by Gasteiger charge is -2.37. The number of primary amides is 1. The number of rotatable bonds is 7. The van der Waals surface area contributed by atoms with Gasteiger partial charge in [-0.15, -0.1) is 0 Å². The lowest BCUT2D eigenvalue weighted by Crippen LogP contribution is -2.50. The number of aromatic nitrogens is 2. The number of carbonyl (C=O) groups excluding carboxylic acids is 1. The van der Waals surface area contributed by atoms with Gasteiger partial charge in [0.25, 0.3) is 11.6 Å². The molecule has 5 heterocycles. The van der Waals surface area contributed by atoms with Gasteiger partial charge in [0.2, 0.25) is 21.8 Å². The second-order valence-electron chi connectivity index (χ2n) is 12.3. The molecule has 0 saturated carbocycles. The van der Waals surface area contributed by atoms with Crippen LogP contribution in [0.25, 0.3) is 11.0 Å². The molecule has 1 amide bonds. The topological polar surface area (TPSA) is 189 Å². The summed E-state index contributed by atoms with van der Waals surface area (Å²) >= 11 is 0. The van der Waals surface area contributed by atoms with E-state index in [1.807, 2.05) is 7.05 Å². The van der Waals surface area contributed by atoms with Crippen molar-refractivity contribution in [3.63, 3.8) is 0 Å². The number of carbonyl (C=O) groups is 1. The first-order valence-corrected chi connectivity index (χ1v) is 17.0. The minimum absolute atomic E-state index is 0.00200. The number of fused-ring (bicyclic) bond motifs is 3. The van der Waals surface area contributed by atoms with Crippen LogP contribution in [0.15, 0.2) is 58.5 Å². The van der Waals surface area contributed by atoms with Crippen LogP contribution in [0.4, 0.5) is 35.9 Å². The molecule has 2 aromatic carbocycles. The maximum absolute atomic E-state index is 14.5. The number of nitro benzene ring substituents is 1. The molecule has 3 aliphatic rings. The fraction of sp³-hybridized carbons (Fsp3) is 0.355. The third kappa shape index (κ3) is 6.00. The molecule has 2 atom stereocenters. The van der Waals surface area contributed by atoms with E-state index in [2.05, 4.69) is 25.1 Å². The maximum atomic E-state index is 14.5. The summed E-state index contributed by atoms with van der Waals surface area (Å²) in [6.45, 7) is 3.00. The van der Waals surface area contributed by atoms with E-state index < -0.39 is 72.1 Å². The van der Waals surface area contributed by atoms with Gasteiger partial charge in [-0.05, 0) is 31.3 Å². The van der Waals surface area contributed by atoms with Gasteiger partial charge in [-0.1, -0.05) is 6.07 Å². The Morgan fingerprint density at radius 2 is 1.92 bits per heavy atom. The highest BCUT2D eigenvalue weighted by atomic mass is 32.2. The fourth-order valence-corrected chi connectivity index (χ4v) is 7.92. The Morgan fingerprint density at radius 3 is 2.62 bits per heavy atom. The molecule has 0 spiro atoms. The summed E-state index contributed by atoms with van der Waals surface area (Å²) in [4.78, 5) is 35.5. The number of H-pyrrole nitrogens is 1. The number of nitro groups is 1. The van der Waals surface area contributed by atoms with Gasteiger partial charge in [0.15, 0.2) is 11.4 Å². The molecule has 0 radical (unpaired) electrons. The van der Waals surface area contributed by atoms with Crippen LogP contribution < -0.4 is 25.4 Å². The van der Waals surface area contributed by atoms with Gasteiger partial charge in [-0.3, -0.25) is 19.8 Å². The van der Waals surface area contributed by atoms with E-state index in [9.17, 15) is 36.5 Å². The van der Waals surface area contributed by atoms with Crippen LogP contribution in [-0.2, 0) is 9.84 Å². The van der Waals surface area contributed by atoms with Crippen LogP contribution >= 0.6 is 0 Å². The van der Waals surface area contributed by atoms with Crippen molar-refractivity contribution in [2.45, 2.75) is 28.1 Å². The van der Waals surface area contributed by atoms with Gasteiger partial charge in [-0.2, -0.15) is 18.2 Å². The quantitative estimate of drug-likeness (QED) is 0.187. The molecule has 3 aliphatic heterocycles. The van der Waals surface area contributed by atoms with Crippen molar-refractivity contribution >= 4 is 49.5 Å². The Hall–Kier alpha value is -5.14. The lowest BCUT2D eigenvalue weighted by atomic mass is 10.1. The smallest absolute Gasteiger partial charge is 0.427 e. The Labute approximate surface area is 282 Å². The molecule has 2 aromatic heterocycles. The summed E-state index contributed by atoms with van der Waals surface area (Å²) in [5.41, 5.74) is 4.37. The minimum atomic E-state index is -4.92. The van der Waals surface area contributed by atoms with E-state index in [4.69, 9.17) is 15.2 Å².